The summed E-state index contributed by atoms with van der Waals surface area (Å²) < 4.78 is 0. The zero-order valence-electron chi connectivity index (χ0n) is 16.6. The topological polar surface area (TPSA) is 87.6 Å². The molecule has 0 saturated carbocycles. The van der Waals surface area contributed by atoms with E-state index in [1.165, 1.54) is 18.7 Å². The molecular formula is C22H23N3O3S. The van der Waals surface area contributed by atoms with Crippen LogP contribution in [-0.2, 0) is 16.0 Å². The number of benzene rings is 2. The molecule has 6 nitrogen and oxygen atoms in total. The molecule has 1 atom stereocenters. The van der Waals surface area contributed by atoms with Gasteiger partial charge in [-0.2, -0.15) is 0 Å². The molecule has 29 heavy (non-hydrogen) atoms. The van der Waals surface area contributed by atoms with Gasteiger partial charge in [0, 0.05) is 17.7 Å². The predicted molar refractivity (Wildman–Crippen MR) is 117 cm³/mol. The summed E-state index contributed by atoms with van der Waals surface area (Å²) in [6.45, 7) is 5.52. The summed E-state index contributed by atoms with van der Waals surface area (Å²) in [6, 6.07) is 12.7. The number of thioether (sulfide) groups is 1. The molecule has 7 heteroatoms. The molecule has 0 spiro atoms. The van der Waals surface area contributed by atoms with E-state index in [2.05, 4.69) is 22.5 Å². The Balaban J connectivity index is 1.67. The number of amides is 2. The molecule has 3 rings (SSSR count). The lowest BCUT2D eigenvalue weighted by Crippen LogP contribution is -2.28. The standard InChI is InChI=1S/C22H23N3O3S/c1-4-15-8-5-7-13(2)20(15)24-22-25-21(28)18(29-22)12-19(27)23-17-10-6-9-16(11-17)14(3)26/h5-11,18H,4,12H2,1-3H3,(H,23,27)(H,24,25,28)/t18-/m0/s1. The largest absolute Gasteiger partial charge is 0.326 e. The highest BCUT2D eigenvalue weighted by Gasteiger charge is 2.32. The minimum absolute atomic E-state index is 0.0220. The molecule has 2 amide bonds. The zero-order chi connectivity index (χ0) is 21.0. The molecule has 2 aromatic rings. The summed E-state index contributed by atoms with van der Waals surface area (Å²) in [4.78, 5) is 40.8. The van der Waals surface area contributed by atoms with Gasteiger partial charge in [0.2, 0.25) is 11.8 Å². The Morgan fingerprint density at radius 1 is 1.21 bits per heavy atom. The fourth-order valence-electron chi connectivity index (χ4n) is 3.06. The molecule has 150 valence electrons. The molecular weight excluding hydrogens is 386 g/mol. The SMILES string of the molecule is CCc1cccc(C)c1N=C1NC(=O)[C@H](CC(=O)Nc2cccc(C(C)=O)c2)S1. The maximum Gasteiger partial charge on any atom is 0.240 e. The summed E-state index contributed by atoms with van der Waals surface area (Å²) in [5.41, 5.74) is 4.07. The van der Waals surface area contributed by atoms with Crippen LogP contribution in [0.5, 0.6) is 0 Å². The molecule has 0 bridgehead atoms. The van der Waals surface area contributed by atoms with Crippen LogP contribution in [0.15, 0.2) is 47.5 Å². The van der Waals surface area contributed by atoms with Crippen LogP contribution in [0.25, 0.3) is 0 Å². The molecule has 1 fully saturated rings. The van der Waals surface area contributed by atoms with Gasteiger partial charge in [-0.3, -0.25) is 14.4 Å². The van der Waals surface area contributed by atoms with Crippen LogP contribution in [0, 0.1) is 6.92 Å². The number of rotatable bonds is 6. The van der Waals surface area contributed by atoms with Gasteiger partial charge < -0.3 is 10.6 Å². The lowest BCUT2D eigenvalue weighted by Gasteiger charge is -2.08. The van der Waals surface area contributed by atoms with Gasteiger partial charge in [-0.05, 0) is 43.5 Å². The van der Waals surface area contributed by atoms with Gasteiger partial charge in [0.25, 0.3) is 0 Å². The second kappa shape index (κ2) is 9.05. The van der Waals surface area contributed by atoms with Crippen LogP contribution in [0.2, 0.25) is 0 Å². The van der Waals surface area contributed by atoms with Gasteiger partial charge in [0.15, 0.2) is 11.0 Å². The van der Waals surface area contributed by atoms with Crippen molar-refractivity contribution in [3.8, 4) is 0 Å². The Hall–Kier alpha value is -2.93. The van der Waals surface area contributed by atoms with E-state index in [0.29, 0.717) is 16.4 Å². The second-order valence-electron chi connectivity index (χ2n) is 6.84. The molecule has 1 saturated heterocycles. The number of ketones is 1. The third-order valence-corrected chi connectivity index (χ3v) is 5.70. The molecule has 0 unspecified atom stereocenters. The van der Waals surface area contributed by atoms with Gasteiger partial charge in [0.05, 0.1) is 5.69 Å². The number of anilines is 1. The van der Waals surface area contributed by atoms with Gasteiger partial charge in [-0.15, -0.1) is 0 Å². The summed E-state index contributed by atoms with van der Waals surface area (Å²) in [7, 11) is 0. The van der Waals surface area contributed by atoms with Crippen LogP contribution in [0.4, 0.5) is 11.4 Å². The van der Waals surface area contributed by atoms with Crippen molar-refractivity contribution in [1.29, 1.82) is 0 Å². The normalized spacial score (nSPS) is 17.3. The first-order chi connectivity index (χ1) is 13.9. The van der Waals surface area contributed by atoms with Gasteiger partial charge in [-0.1, -0.05) is 49.0 Å². The van der Waals surface area contributed by atoms with Crippen LogP contribution >= 0.6 is 11.8 Å². The molecule has 0 aliphatic carbocycles. The fraction of sp³-hybridized carbons (Fsp3) is 0.273. The molecule has 2 aromatic carbocycles. The van der Waals surface area contributed by atoms with Crippen molar-refractivity contribution in [2.75, 3.05) is 5.32 Å². The monoisotopic (exact) mass is 409 g/mol. The maximum absolute atomic E-state index is 12.4. The predicted octanol–water partition coefficient (Wildman–Crippen LogP) is 4.01. The number of aryl methyl sites for hydroxylation is 2. The molecule has 0 aromatic heterocycles. The molecule has 0 radical (unpaired) electrons. The Morgan fingerprint density at radius 2 is 1.97 bits per heavy atom. The molecule has 1 heterocycles. The number of nitrogens with zero attached hydrogens (tertiary/aromatic N) is 1. The first-order valence-corrected chi connectivity index (χ1v) is 10.3. The van der Waals surface area contributed by atoms with E-state index < -0.39 is 5.25 Å². The lowest BCUT2D eigenvalue weighted by atomic mass is 10.1. The first kappa shape index (κ1) is 20.8. The fourth-order valence-corrected chi connectivity index (χ4v) is 4.03. The zero-order valence-corrected chi connectivity index (χ0v) is 17.4. The van der Waals surface area contributed by atoms with Crippen molar-refractivity contribution < 1.29 is 14.4 Å². The van der Waals surface area contributed by atoms with E-state index in [-0.39, 0.29) is 24.0 Å². The molecule has 2 N–H and O–H groups in total. The van der Waals surface area contributed by atoms with Crippen molar-refractivity contribution in [3.63, 3.8) is 0 Å². The molecule has 1 aliphatic heterocycles. The lowest BCUT2D eigenvalue weighted by molar-refractivity contribution is -0.122. The van der Waals surface area contributed by atoms with Crippen molar-refractivity contribution in [2.24, 2.45) is 4.99 Å². The van der Waals surface area contributed by atoms with E-state index in [9.17, 15) is 14.4 Å². The number of hydrogen-bond donors (Lipinski definition) is 2. The number of amidine groups is 1. The van der Waals surface area contributed by atoms with Gasteiger partial charge in [0.1, 0.15) is 5.25 Å². The second-order valence-corrected chi connectivity index (χ2v) is 8.03. The maximum atomic E-state index is 12.4. The minimum Gasteiger partial charge on any atom is -0.326 e. The number of nitrogens with one attached hydrogen (secondary N) is 2. The Morgan fingerprint density at radius 3 is 2.69 bits per heavy atom. The van der Waals surface area contributed by atoms with E-state index in [4.69, 9.17) is 0 Å². The average Bonchev–Trinajstić information content (AvgIpc) is 3.02. The summed E-state index contributed by atoms with van der Waals surface area (Å²) in [6.07, 6.45) is 0.867. The highest BCUT2D eigenvalue weighted by Crippen LogP contribution is 2.29. The van der Waals surface area contributed by atoms with Crippen molar-refractivity contribution in [3.05, 3.63) is 59.2 Å². The molecule has 1 aliphatic rings. The highest BCUT2D eigenvalue weighted by atomic mass is 32.2. The number of aliphatic imine (C=N–C) groups is 1. The number of carbonyl (C=O) groups excluding carboxylic acids is 3. The van der Waals surface area contributed by atoms with Crippen LogP contribution < -0.4 is 10.6 Å². The first-order valence-electron chi connectivity index (χ1n) is 9.43. The number of para-hydroxylation sites is 1. The number of Topliss-reactive ketones (excluding diaryl/α,β-unsaturated/α-hetero) is 1. The third kappa shape index (κ3) is 5.12. The number of carbonyl (C=O) groups is 3. The average molecular weight is 410 g/mol. The number of hydrogen-bond acceptors (Lipinski definition) is 5. The van der Waals surface area contributed by atoms with E-state index in [0.717, 1.165) is 23.2 Å². The Bertz CT molecular complexity index is 1000. The van der Waals surface area contributed by atoms with Gasteiger partial charge in [-0.25, -0.2) is 4.99 Å². The van der Waals surface area contributed by atoms with Crippen LogP contribution in [0.3, 0.4) is 0 Å². The van der Waals surface area contributed by atoms with E-state index >= 15 is 0 Å². The smallest absolute Gasteiger partial charge is 0.240 e. The van der Waals surface area contributed by atoms with E-state index in [1.54, 1.807) is 24.3 Å². The van der Waals surface area contributed by atoms with Gasteiger partial charge >= 0.3 is 0 Å². The Labute approximate surface area is 174 Å². The third-order valence-electron chi connectivity index (χ3n) is 4.62. The Kier molecular flexibility index (Phi) is 6.49. The highest BCUT2D eigenvalue weighted by molar-refractivity contribution is 8.15. The van der Waals surface area contributed by atoms with E-state index in [1.807, 2.05) is 25.1 Å². The van der Waals surface area contributed by atoms with Crippen molar-refractivity contribution in [1.82, 2.24) is 5.32 Å². The van der Waals surface area contributed by atoms with Crippen LogP contribution in [-0.4, -0.2) is 28.0 Å². The van der Waals surface area contributed by atoms with Crippen molar-refractivity contribution >= 4 is 45.9 Å². The minimum atomic E-state index is -0.543. The summed E-state index contributed by atoms with van der Waals surface area (Å²) >= 11 is 1.26. The summed E-state index contributed by atoms with van der Waals surface area (Å²) in [5, 5.41) is 5.49. The van der Waals surface area contributed by atoms with Crippen molar-refractivity contribution in [2.45, 2.75) is 38.9 Å². The van der Waals surface area contributed by atoms with Crippen LogP contribution in [0.1, 0.15) is 41.8 Å². The quantitative estimate of drug-likeness (QED) is 0.706. The summed E-state index contributed by atoms with van der Waals surface area (Å²) in [5.74, 6) is -0.590.